The monoisotopic (exact) mass is 476 g/mol. The Morgan fingerprint density at radius 3 is 2.49 bits per heavy atom. The molecule has 2 aromatic carbocycles. The summed E-state index contributed by atoms with van der Waals surface area (Å²) in [4.78, 5) is 43.6. The first kappa shape index (κ1) is 24.2. The molecule has 2 amide bonds. The van der Waals surface area contributed by atoms with Gasteiger partial charge in [-0.2, -0.15) is 0 Å². The van der Waals surface area contributed by atoms with Crippen molar-refractivity contribution in [2.75, 3.05) is 38.3 Å². The molecule has 1 atom stereocenters. The number of likely N-dealkylation sites (tertiary alicyclic amines) is 1. The van der Waals surface area contributed by atoms with Crippen LogP contribution in [0.1, 0.15) is 24.5 Å². The Bertz CT molecular complexity index is 1200. The lowest BCUT2D eigenvalue weighted by molar-refractivity contribution is -0.143. The number of rotatable bonds is 9. The van der Waals surface area contributed by atoms with Gasteiger partial charge in [-0.3, -0.25) is 14.4 Å². The molecule has 0 unspecified atom stereocenters. The van der Waals surface area contributed by atoms with Gasteiger partial charge < -0.3 is 24.4 Å². The fourth-order valence-corrected chi connectivity index (χ4v) is 4.86. The lowest BCUT2D eigenvalue weighted by Gasteiger charge is -2.34. The highest BCUT2D eigenvalue weighted by Gasteiger charge is 2.66. The van der Waals surface area contributed by atoms with Crippen molar-refractivity contribution in [1.82, 2.24) is 4.90 Å². The van der Waals surface area contributed by atoms with Crippen LogP contribution in [0.2, 0.25) is 0 Å². The normalized spacial score (nSPS) is 20.6. The third-order valence-electron chi connectivity index (χ3n) is 6.35. The van der Waals surface area contributed by atoms with Crippen LogP contribution in [0.15, 0.2) is 66.8 Å². The molecule has 0 radical (unpaired) electrons. The molecule has 8 heteroatoms. The maximum Gasteiger partial charge on any atom is 0.296 e. The Morgan fingerprint density at radius 1 is 1.11 bits per heavy atom. The van der Waals surface area contributed by atoms with E-state index in [1.807, 2.05) is 6.92 Å². The highest BCUT2D eigenvalue weighted by molar-refractivity contribution is 6.50. The molecule has 4 rings (SSSR count). The number of benzene rings is 2. The molecule has 0 aliphatic carbocycles. The quantitative estimate of drug-likeness (QED) is 0.196. The average molecular weight is 477 g/mol. The van der Waals surface area contributed by atoms with Crippen LogP contribution < -0.4 is 9.64 Å². The largest absolute Gasteiger partial charge is 0.507 e. The van der Waals surface area contributed by atoms with Gasteiger partial charge in [0, 0.05) is 37.9 Å². The van der Waals surface area contributed by atoms with Crippen LogP contribution in [0.25, 0.3) is 5.76 Å². The molecule has 1 N–H and O–H groups in total. The minimum absolute atomic E-state index is 0.112. The minimum atomic E-state index is -1.75. The number of para-hydroxylation sites is 1. The first-order valence-electron chi connectivity index (χ1n) is 11.5. The first-order chi connectivity index (χ1) is 16.9. The smallest absolute Gasteiger partial charge is 0.296 e. The zero-order chi connectivity index (χ0) is 25.2. The van der Waals surface area contributed by atoms with Gasteiger partial charge in [0.25, 0.3) is 17.6 Å². The van der Waals surface area contributed by atoms with Crippen LogP contribution in [0.4, 0.5) is 5.69 Å². The maximum atomic E-state index is 14.0. The molecule has 1 spiro atoms. The number of carbonyl (C=O) groups excluding carboxylic acids is 3. The molecule has 8 nitrogen and oxygen atoms in total. The van der Waals surface area contributed by atoms with Crippen LogP contribution in [-0.4, -0.2) is 61.0 Å². The summed E-state index contributed by atoms with van der Waals surface area (Å²) in [5.41, 5.74) is -0.580. The van der Waals surface area contributed by atoms with Gasteiger partial charge >= 0.3 is 0 Å². The number of aliphatic hydroxyl groups excluding tert-OH is 1. The number of hydrogen-bond donors (Lipinski definition) is 1. The van der Waals surface area contributed by atoms with E-state index >= 15 is 0 Å². The van der Waals surface area contributed by atoms with Gasteiger partial charge in [0.1, 0.15) is 18.1 Å². The van der Waals surface area contributed by atoms with E-state index in [1.165, 1.54) is 4.90 Å². The predicted molar refractivity (Wildman–Crippen MR) is 131 cm³/mol. The Balaban J connectivity index is 1.94. The lowest BCUT2D eigenvalue weighted by Crippen LogP contribution is -2.52. The number of Topliss-reactive ketones (excluding diaryl/α,β-unsaturated/α-hetero) is 1. The van der Waals surface area contributed by atoms with Gasteiger partial charge in [0.2, 0.25) is 0 Å². The van der Waals surface area contributed by atoms with E-state index in [2.05, 4.69) is 6.58 Å². The van der Waals surface area contributed by atoms with E-state index in [9.17, 15) is 19.5 Å². The van der Waals surface area contributed by atoms with E-state index in [-0.39, 0.29) is 12.1 Å². The highest BCUT2D eigenvalue weighted by atomic mass is 16.5. The van der Waals surface area contributed by atoms with Crippen molar-refractivity contribution >= 4 is 29.0 Å². The van der Waals surface area contributed by atoms with Gasteiger partial charge in [-0.05, 0) is 43.7 Å². The summed E-state index contributed by atoms with van der Waals surface area (Å²) < 4.78 is 10.6. The van der Waals surface area contributed by atoms with Crippen LogP contribution in [0.3, 0.4) is 0 Å². The minimum Gasteiger partial charge on any atom is -0.507 e. The average Bonchev–Trinajstić information content (AvgIpc) is 3.25. The molecule has 1 saturated heterocycles. The molecule has 182 valence electrons. The van der Waals surface area contributed by atoms with E-state index in [0.29, 0.717) is 48.7 Å². The van der Waals surface area contributed by atoms with Gasteiger partial charge in [-0.25, -0.2) is 0 Å². The number of likely N-dealkylation sites (N-methyl/N-ethyl adjacent to an activating group) is 1. The molecule has 2 heterocycles. The first-order valence-corrected chi connectivity index (χ1v) is 11.5. The number of aliphatic hydroxyl groups is 1. The fraction of sp³-hybridized carbons (Fsp3) is 0.296. The summed E-state index contributed by atoms with van der Waals surface area (Å²) in [6.45, 7) is 6.56. The van der Waals surface area contributed by atoms with Crippen LogP contribution >= 0.6 is 0 Å². The molecular weight excluding hydrogens is 448 g/mol. The van der Waals surface area contributed by atoms with Crippen molar-refractivity contribution in [3.8, 4) is 5.75 Å². The second-order valence-corrected chi connectivity index (χ2v) is 8.26. The number of anilines is 1. The molecule has 2 aliphatic heterocycles. The number of nitrogens with zero attached hydrogens (tertiary/aromatic N) is 2. The van der Waals surface area contributed by atoms with E-state index in [4.69, 9.17) is 9.47 Å². The van der Waals surface area contributed by atoms with Crippen molar-refractivity contribution in [2.45, 2.75) is 18.9 Å². The van der Waals surface area contributed by atoms with Gasteiger partial charge in [0.05, 0.1) is 11.3 Å². The number of carbonyl (C=O) groups is 3. The number of methoxy groups -OCH3 is 1. The number of amides is 2. The molecule has 35 heavy (non-hydrogen) atoms. The van der Waals surface area contributed by atoms with E-state index < -0.39 is 28.9 Å². The van der Waals surface area contributed by atoms with Crippen molar-refractivity contribution in [3.05, 3.63) is 77.9 Å². The third kappa shape index (κ3) is 3.70. The van der Waals surface area contributed by atoms with Crippen LogP contribution in [0.5, 0.6) is 5.75 Å². The van der Waals surface area contributed by atoms with Crippen molar-refractivity contribution in [3.63, 3.8) is 0 Å². The lowest BCUT2D eigenvalue weighted by atomic mass is 9.82. The molecule has 2 aromatic rings. The third-order valence-corrected chi connectivity index (χ3v) is 6.35. The Hall–Kier alpha value is -3.91. The van der Waals surface area contributed by atoms with Crippen molar-refractivity contribution in [1.29, 1.82) is 0 Å². The Labute approximate surface area is 204 Å². The topological polar surface area (TPSA) is 96.4 Å². The van der Waals surface area contributed by atoms with Crippen LogP contribution in [0, 0.1) is 0 Å². The maximum absolute atomic E-state index is 14.0. The second kappa shape index (κ2) is 9.76. The Kier molecular flexibility index (Phi) is 6.75. The summed E-state index contributed by atoms with van der Waals surface area (Å²) in [5, 5.41) is 11.4. The molecule has 0 aromatic heterocycles. The summed E-state index contributed by atoms with van der Waals surface area (Å²) in [6.07, 6.45) is 2.03. The fourth-order valence-electron chi connectivity index (χ4n) is 4.86. The summed E-state index contributed by atoms with van der Waals surface area (Å²) >= 11 is 0. The SMILES string of the molecule is C=CCOc1ccc(C(O)=C2C(=O)C(=O)N(CCCOC)[C@]23C(=O)N(CC)c2ccccc23)cc1. The van der Waals surface area contributed by atoms with Crippen molar-refractivity contribution < 1.29 is 29.0 Å². The van der Waals surface area contributed by atoms with E-state index in [1.54, 1.807) is 66.6 Å². The summed E-state index contributed by atoms with van der Waals surface area (Å²) in [5.74, 6) is -2.02. The zero-order valence-corrected chi connectivity index (χ0v) is 19.8. The molecule has 1 fully saturated rings. The second-order valence-electron chi connectivity index (χ2n) is 8.26. The standard InChI is InChI=1S/C27H28N2O6/c1-4-16-35-19-13-11-18(12-14-19)23(30)22-24(31)25(32)29(15-8-17-34-3)27(22)20-9-6-7-10-21(20)28(5-2)26(27)33/h4,6-7,9-14,30H,1,5,8,15-17H2,2-3H3/t27-/m0/s1. The number of hydrogen-bond acceptors (Lipinski definition) is 6. The molecule has 0 saturated carbocycles. The van der Waals surface area contributed by atoms with Crippen molar-refractivity contribution in [2.24, 2.45) is 0 Å². The number of ether oxygens (including phenoxy) is 2. The van der Waals surface area contributed by atoms with Gasteiger partial charge in [0.15, 0.2) is 5.54 Å². The highest BCUT2D eigenvalue weighted by Crippen LogP contribution is 2.53. The predicted octanol–water partition coefficient (Wildman–Crippen LogP) is 3.23. The summed E-state index contributed by atoms with van der Waals surface area (Å²) in [6, 6.07) is 13.5. The van der Waals surface area contributed by atoms with E-state index in [0.717, 1.165) is 0 Å². The molecular formula is C27H28N2O6. The molecule has 2 aliphatic rings. The van der Waals surface area contributed by atoms with Gasteiger partial charge in [-0.15, -0.1) is 0 Å². The molecule has 0 bridgehead atoms. The Morgan fingerprint density at radius 2 is 1.83 bits per heavy atom. The summed E-state index contributed by atoms with van der Waals surface area (Å²) in [7, 11) is 1.54. The van der Waals surface area contributed by atoms with Crippen LogP contribution in [-0.2, 0) is 24.7 Å². The number of ketones is 1. The number of fused-ring (bicyclic) bond motifs is 2. The zero-order valence-electron chi connectivity index (χ0n) is 19.8. The van der Waals surface area contributed by atoms with Gasteiger partial charge in [-0.1, -0.05) is 30.9 Å².